The number of hydrogen-bond acceptors (Lipinski definition) is 4. The van der Waals surface area contributed by atoms with Crippen molar-refractivity contribution in [2.75, 3.05) is 20.3 Å². The zero-order valence-corrected chi connectivity index (χ0v) is 11.4. The summed E-state index contributed by atoms with van der Waals surface area (Å²) < 4.78 is 4.91. The number of aromatic amines is 1. The van der Waals surface area contributed by atoms with Crippen LogP contribution in [0.15, 0.2) is 24.3 Å². The number of methoxy groups -OCH3 is 1. The molecule has 108 valence electrons. The van der Waals surface area contributed by atoms with E-state index in [-0.39, 0.29) is 18.6 Å². The monoisotopic (exact) mass is 277 g/mol. The lowest BCUT2D eigenvalue weighted by atomic mass is 10.2. The lowest BCUT2D eigenvalue weighted by molar-refractivity contribution is -0.122. The Morgan fingerprint density at radius 3 is 3.00 bits per heavy atom. The molecule has 1 unspecified atom stereocenters. The van der Waals surface area contributed by atoms with E-state index in [1.54, 1.807) is 0 Å². The average Bonchev–Trinajstić information content (AvgIpc) is 2.87. The summed E-state index contributed by atoms with van der Waals surface area (Å²) in [5.41, 5.74) is 1.87. The number of aliphatic hydroxyl groups excluding tert-OH is 1. The molecule has 20 heavy (non-hydrogen) atoms. The fourth-order valence-corrected chi connectivity index (χ4v) is 2.00. The molecule has 3 N–H and O–H groups in total. The Kier molecular flexibility index (Phi) is 5.09. The number of carbonyl (C=O) groups excluding carboxylic acids is 1. The molecule has 0 radical (unpaired) electrons. The van der Waals surface area contributed by atoms with Gasteiger partial charge in [-0.15, -0.1) is 0 Å². The zero-order valence-electron chi connectivity index (χ0n) is 11.4. The molecule has 0 aliphatic carbocycles. The molecular formula is C14H19N3O3. The van der Waals surface area contributed by atoms with Gasteiger partial charge in [-0.05, 0) is 12.1 Å². The molecule has 1 heterocycles. The first-order valence-corrected chi connectivity index (χ1v) is 6.55. The SMILES string of the molecule is COCC(CO)NC(=O)CCc1nc2ccccc2[nH]1. The number of benzene rings is 1. The molecule has 0 spiro atoms. The normalized spacial score (nSPS) is 12.5. The van der Waals surface area contributed by atoms with E-state index in [9.17, 15) is 4.79 Å². The number of carbonyl (C=O) groups is 1. The molecule has 0 fully saturated rings. The van der Waals surface area contributed by atoms with Gasteiger partial charge in [-0.3, -0.25) is 4.79 Å². The predicted molar refractivity (Wildman–Crippen MR) is 75.3 cm³/mol. The minimum absolute atomic E-state index is 0.124. The summed E-state index contributed by atoms with van der Waals surface area (Å²) in [7, 11) is 1.53. The highest BCUT2D eigenvalue weighted by atomic mass is 16.5. The maximum atomic E-state index is 11.8. The van der Waals surface area contributed by atoms with Crippen molar-refractivity contribution in [3.63, 3.8) is 0 Å². The number of imidazole rings is 1. The van der Waals surface area contributed by atoms with Crippen molar-refractivity contribution >= 4 is 16.9 Å². The van der Waals surface area contributed by atoms with Crippen LogP contribution in [0.1, 0.15) is 12.2 Å². The average molecular weight is 277 g/mol. The van der Waals surface area contributed by atoms with Crippen LogP contribution >= 0.6 is 0 Å². The second kappa shape index (κ2) is 7.02. The topological polar surface area (TPSA) is 87.2 Å². The van der Waals surface area contributed by atoms with E-state index in [1.807, 2.05) is 24.3 Å². The van der Waals surface area contributed by atoms with Crippen LogP contribution in [0.25, 0.3) is 11.0 Å². The van der Waals surface area contributed by atoms with Gasteiger partial charge in [-0.2, -0.15) is 0 Å². The maximum Gasteiger partial charge on any atom is 0.220 e. The number of amides is 1. The number of aliphatic hydroxyl groups is 1. The van der Waals surface area contributed by atoms with Crippen molar-refractivity contribution in [3.05, 3.63) is 30.1 Å². The highest BCUT2D eigenvalue weighted by Crippen LogP contribution is 2.11. The maximum absolute atomic E-state index is 11.8. The van der Waals surface area contributed by atoms with Crippen LogP contribution in [-0.2, 0) is 16.0 Å². The van der Waals surface area contributed by atoms with E-state index in [1.165, 1.54) is 7.11 Å². The lowest BCUT2D eigenvalue weighted by Gasteiger charge is -2.14. The number of para-hydroxylation sites is 2. The summed E-state index contributed by atoms with van der Waals surface area (Å²) in [4.78, 5) is 19.3. The molecule has 6 heteroatoms. The Bertz CT molecular complexity index is 535. The number of hydrogen-bond donors (Lipinski definition) is 3. The van der Waals surface area contributed by atoms with Crippen molar-refractivity contribution in [1.29, 1.82) is 0 Å². The Morgan fingerprint density at radius 2 is 2.30 bits per heavy atom. The quantitative estimate of drug-likeness (QED) is 0.692. The van der Waals surface area contributed by atoms with Crippen molar-refractivity contribution in [3.8, 4) is 0 Å². The van der Waals surface area contributed by atoms with Gasteiger partial charge in [0, 0.05) is 20.0 Å². The minimum Gasteiger partial charge on any atom is -0.394 e. The van der Waals surface area contributed by atoms with Gasteiger partial charge in [-0.25, -0.2) is 4.98 Å². The first-order valence-electron chi connectivity index (χ1n) is 6.55. The second-order valence-electron chi connectivity index (χ2n) is 4.60. The van der Waals surface area contributed by atoms with Crippen LogP contribution in [0.3, 0.4) is 0 Å². The van der Waals surface area contributed by atoms with Crippen LogP contribution in [0.4, 0.5) is 0 Å². The Hall–Kier alpha value is -1.92. The molecule has 6 nitrogen and oxygen atoms in total. The molecule has 0 saturated heterocycles. The Morgan fingerprint density at radius 1 is 1.50 bits per heavy atom. The van der Waals surface area contributed by atoms with Crippen molar-refractivity contribution in [2.45, 2.75) is 18.9 Å². The number of aromatic nitrogens is 2. The first kappa shape index (κ1) is 14.5. The van der Waals surface area contributed by atoms with E-state index >= 15 is 0 Å². The van der Waals surface area contributed by atoms with E-state index in [4.69, 9.17) is 9.84 Å². The van der Waals surface area contributed by atoms with Crippen molar-refractivity contribution in [1.82, 2.24) is 15.3 Å². The summed E-state index contributed by atoms with van der Waals surface area (Å²) in [6.45, 7) is 0.164. The van der Waals surface area contributed by atoms with Crippen LogP contribution in [-0.4, -0.2) is 47.3 Å². The molecule has 0 bridgehead atoms. The van der Waals surface area contributed by atoms with Crippen molar-refractivity contribution in [2.24, 2.45) is 0 Å². The highest BCUT2D eigenvalue weighted by Gasteiger charge is 2.11. The lowest BCUT2D eigenvalue weighted by Crippen LogP contribution is -2.40. The second-order valence-corrected chi connectivity index (χ2v) is 4.60. The van der Waals surface area contributed by atoms with Gasteiger partial charge in [0.15, 0.2) is 0 Å². The highest BCUT2D eigenvalue weighted by molar-refractivity contribution is 5.77. The van der Waals surface area contributed by atoms with E-state index < -0.39 is 0 Å². The van der Waals surface area contributed by atoms with Crippen LogP contribution < -0.4 is 5.32 Å². The van der Waals surface area contributed by atoms with Gasteiger partial charge >= 0.3 is 0 Å². The van der Waals surface area contributed by atoms with Gasteiger partial charge in [0.1, 0.15) is 5.82 Å². The third kappa shape index (κ3) is 3.79. The largest absolute Gasteiger partial charge is 0.394 e. The number of fused-ring (bicyclic) bond motifs is 1. The fourth-order valence-electron chi connectivity index (χ4n) is 2.00. The molecule has 1 atom stereocenters. The van der Waals surface area contributed by atoms with E-state index in [2.05, 4.69) is 15.3 Å². The number of ether oxygens (including phenoxy) is 1. The number of H-pyrrole nitrogens is 1. The predicted octanol–water partition coefficient (Wildman–Crippen LogP) is 0.619. The molecule has 2 aromatic rings. The van der Waals surface area contributed by atoms with Crippen LogP contribution in [0.2, 0.25) is 0 Å². The summed E-state index contributed by atoms with van der Waals surface area (Å²) in [6.07, 6.45) is 0.853. The van der Waals surface area contributed by atoms with Gasteiger partial charge in [0.25, 0.3) is 0 Å². The van der Waals surface area contributed by atoms with Crippen LogP contribution in [0, 0.1) is 0 Å². The van der Waals surface area contributed by atoms with Gasteiger partial charge < -0.3 is 20.1 Å². The van der Waals surface area contributed by atoms with Gasteiger partial charge in [0.2, 0.25) is 5.91 Å². The number of nitrogens with one attached hydrogen (secondary N) is 2. The molecule has 2 rings (SSSR count). The zero-order chi connectivity index (χ0) is 14.4. The van der Waals surface area contributed by atoms with E-state index in [0.717, 1.165) is 16.9 Å². The van der Waals surface area contributed by atoms with Crippen molar-refractivity contribution < 1.29 is 14.6 Å². The standard InChI is InChI=1S/C14H19N3O3/c1-20-9-10(8-18)15-14(19)7-6-13-16-11-4-2-3-5-12(11)17-13/h2-5,10,18H,6-9H2,1H3,(H,15,19)(H,16,17). The molecular weight excluding hydrogens is 258 g/mol. The summed E-state index contributed by atoms with van der Waals surface area (Å²) in [5, 5.41) is 11.8. The molecule has 0 aliphatic rings. The summed E-state index contributed by atoms with van der Waals surface area (Å²) >= 11 is 0. The van der Waals surface area contributed by atoms with Crippen LogP contribution in [0.5, 0.6) is 0 Å². The molecule has 1 aromatic heterocycles. The number of rotatable bonds is 7. The summed E-state index contributed by atoms with van der Waals surface area (Å²) in [5.74, 6) is 0.662. The van der Waals surface area contributed by atoms with Gasteiger partial charge in [-0.1, -0.05) is 12.1 Å². The third-order valence-corrected chi connectivity index (χ3v) is 2.98. The summed E-state index contributed by atoms with van der Waals surface area (Å²) in [6, 6.07) is 7.38. The molecule has 1 amide bonds. The molecule has 1 aromatic carbocycles. The minimum atomic E-state index is -0.358. The Balaban J connectivity index is 1.86. The first-order chi connectivity index (χ1) is 9.72. The number of aryl methyl sites for hydroxylation is 1. The van der Waals surface area contributed by atoms with E-state index in [0.29, 0.717) is 19.4 Å². The van der Waals surface area contributed by atoms with Gasteiger partial charge in [0.05, 0.1) is 30.3 Å². The number of nitrogens with zero attached hydrogens (tertiary/aromatic N) is 1. The molecule has 0 aliphatic heterocycles. The molecule has 0 saturated carbocycles. The smallest absolute Gasteiger partial charge is 0.220 e. The third-order valence-electron chi connectivity index (χ3n) is 2.98. The Labute approximate surface area is 117 Å². The fraction of sp³-hybridized carbons (Fsp3) is 0.429.